The molecule has 1 aromatic carbocycles. The molecule has 0 spiro atoms. The molecule has 0 aliphatic heterocycles. The third-order valence-electron chi connectivity index (χ3n) is 3.28. The molecular formula is C15H23N3O2S. The molecule has 1 atom stereocenters. The minimum atomic E-state index is -3.67. The van der Waals surface area contributed by atoms with Gasteiger partial charge in [-0.15, -0.1) is 0 Å². The highest BCUT2D eigenvalue weighted by molar-refractivity contribution is 7.89. The predicted molar refractivity (Wildman–Crippen MR) is 83.1 cm³/mol. The van der Waals surface area contributed by atoms with Gasteiger partial charge in [-0.05, 0) is 49.9 Å². The van der Waals surface area contributed by atoms with Crippen LogP contribution in [0.3, 0.4) is 0 Å². The molecule has 5 nitrogen and oxygen atoms in total. The second-order valence-corrected chi connectivity index (χ2v) is 7.71. The van der Waals surface area contributed by atoms with E-state index in [1.165, 1.54) is 12.1 Å². The molecule has 1 rings (SSSR count). The quantitative estimate of drug-likeness (QED) is 0.839. The third kappa shape index (κ3) is 4.53. The Morgan fingerprint density at radius 3 is 2.48 bits per heavy atom. The number of nitrogens with zero attached hydrogens (tertiary/aromatic N) is 1. The van der Waals surface area contributed by atoms with Gasteiger partial charge in [-0.1, -0.05) is 13.8 Å². The van der Waals surface area contributed by atoms with Gasteiger partial charge >= 0.3 is 0 Å². The summed E-state index contributed by atoms with van der Waals surface area (Å²) in [5.41, 5.74) is 6.05. The number of hydrogen-bond donors (Lipinski definition) is 2. The van der Waals surface area contributed by atoms with Crippen LogP contribution in [0.15, 0.2) is 23.1 Å². The zero-order valence-electron chi connectivity index (χ0n) is 13.0. The van der Waals surface area contributed by atoms with E-state index >= 15 is 0 Å². The molecule has 0 aliphatic carbocycles. The highest BCUT2D eigenvalue weighted by Gasteiger charge is 2.30. The van der Waals surface area contributed by atoms with Crippen molar-refractivity contribution in [3.05, 3.63) is 29.3 Å². The van der Waals surface area contributed by atoms with E-state index in [4.69, 9.17) is 11.0 Å². The molecule has 1 aromatic rings. The number of sulfonamides is 1. The zero-order valence-corrected chi connectivity index (χ0v) is 13.8. The van der Waals surface area contributed by atoms with Crippen LogP contribution in [0.4, 0.5) is 0 Å². The van der Waals surface area contributed by atoms with Crippen LogP contribution in [-0.2, 0) is 10.0 Å². The molecule has 0 bridgehead atoms. The van der Waals surface area contributed by atoms with E-state index in [-0.39, 0.29) is 11.4 Å². The highest BCUT2D eigenvalue weighted by Crippen LogP contribution is 2.22. The summed E-state index contributed by atoms with van der Waals surface area (Å²) in [6.45, 7) is 7.76. The van der Waals surface area contributed by atoms with Gasteiger partial charge in [0.25, 0.3) is 0 Å². The smallest absolute Gasteiger partial charge is 0.241 e. The Labute approximate surface area is 127 Å². The predicted octanol–water partition coefficient (Wildman–Crippen LogP) is 1.91. The maximum Gasteiger partial charge on any atom is 0.241 e. The van der Waals surface area contributed by atoms with Crippen molar-refractivity contribution in [1.82, 2.24) is 4.72 Å². The highest BCUT2D eigenvalue weighted by atomic mass is 32.2. The van der Waals surface area contributed by atoms with Gasteiger partial charge in [0.2, 0.25) is 10.0 Å². The first-order valence-electron chi connectivity index (χ1n) is 6.88. The fraction of sp³-hybridized carbons (Fsp3) is 0.533. The van der Waals surface area contributed by atoms with Crippen molar-refractivity contribution in [3.63, 3.8) is 0 Å². The molecule has 0 aliphatic rings. The topological polar surface area (TPSA) is 96.0 Å². The van der Waals surface area contributed by atoms with E-state index in [0.29, 0.717) is 23.5 Å². The second kappa shape index (κ2) is 6.56. The maximum atomic E-state index is 12.6. The molecule has 21 heavy (non-hydrogen) atoms. The van der Waals surface area contributed by atoms with Crippen LogP contribution >= 0.6 is 0 Å². The minimum absolute atomic E-state index is 0.185. The SMILES string of the molecule is Cc1cc(C#N)ccc1S(=O)(=O)NC(C)(CN)CC(C)C. The molecule has 0 saturated carbocycles. The summed E-state index contributed by atoms with van der Waals surface area (Å²) in [7, 11) is -3.67. The number of benzene rings is 1. The minimum Gasteiger partial charge on any atom is -0.329 e. The second-order valence-electron chi connectivity index (χ2n) is 6.06. The summed E-state index contributed by atoms with van der Waals surface area (Å²) in [5.74, 6) is 0.323. The van der Waals surface area contributed by atoms with Crippen molar-refractivity contribution >= 4 is 10.0 Å². The normalized spacial score (nSPS) is 14.7. The summed E-state index contributed by atoms with van der Waals surface area (Å²) in [6, 6.07) is 6.53. The van der Waals surface area contributed by atoms with Crippen molar-refractivity contribution in [2.45, 2.75) is 44.6 Å². The Morgan fingerprint density at radius 1 is 1.43 bits per heavy atom. The van der Waals surface area contributed by atoms with E-state index < -0.39 is 15.6 Å². The number of aryl methyl sites for hydroxylation is 1. The molecule has 1 unspecified atom stereocenters. The molecule has 0 aromatic heterocycles. The molecule has 0 fully saturated rings. The lowest BCUT2D eigenvalue weighted by Gasteiger charge is -2.31. The summed E-state index contributed by atoms with van der Waals surface area (Å²) in [4.78, 5) is 0.185. The van der Waals surface area contributed by atoms with Crippen LogP contribution in [0, 0.1) is 24.2 Å². The van der Waals surface area contributed by atoms with Gasteiger partial charge in [0.05, 0.1) is 16.5 Å². The van der Waals surface area contributed by atoms with E-state index in [1.54, 1.807) is 13.0 Å². The standard InChI is InChI=1S/C15H23N3O2S/c1-11(2)8-15(4,10-17)18-21(19,20)14-6-5-13(9-16)7-12(14)3/h5-7,11,18H,8,10,17H2,1-4H3. The van der Waals surface area contributed by atoms with Gasteiger partial charge < -0.3 is 5.73 Å². The van der Waals surface area contributed by atoms with Crippen LogP contribution in [-0.4, -0.2) is 20.5 Å². The number of nitrogens with one attached hydrogen (secondary N) is 1. The molecule has 0 radical (unpaired) electrons. The number of hydrogen-bond acceptors (Lipinski definition) is 4. The summed E-state index contributed by atoms with van der Waals surface area (Å²) >= 11 is 0. The third-order valence-corrected chi connectivity index (χ3v) is 5.08. The van der Waals surface area contributed by atoms with Gasteiger partial charge in [-0.2, -0.15) is 5.26 Å². The molecule has 0 heterocycles. The molecule has 3 N–H and O–H groups in total. The number of nitriles is 1. The van der Waals surface area contributed by atoms with Crippen molar-refractivity contribution in [2.75, 3.05) is 6.54 Å². The Morgan fingerprint density at radius 2 is 2.05 bits per heavy atom. The van der Waals surface area contributed by atoms with Crippen LogP contribution in [0.2, 0.25) is 0 Å². The largest absolute Gasteiger partial charge is 0.329 e. The first kappa shape index (κ1) is 17.6. The lowest BCUT2D eigenvalue weighted by molar-refractivity contribution is 0.344. The van der Waals surface area contributed by atoms with Crippen LogP contribution in [0.1, 0.15) is 38.3 Å². The molecule has 116 valence electrons. The maximum absolute atomic E-state index is 12.6. The van der Waals surface area contributed by atoms with Gasteiger partial charge in [-0.3, -0.25) is 0 Å². The van der Waals surface area contributed by atoms with Gasteiger partial charge in [0.15, 0.2) is 0 Å². The average molecular weight is 309 g/mol. The summed E-state index contributed by atoms with van der Waals surface area (Å²) < 4.78 is 27.8. The van der Waals surface area contributed by atoms with E-state index in [9.17, 15) is 8.42 Å². The van der Waals surface area contributed by atoms with E-state index in [0.717, 1.165) is 0 Å². The first-order valence-corrected chi connectivity index (χ1v) is 8.36. The van der Waals surface area contributed by atoms with Crippen molar-refractivity contribution in [2.24, 2.45) is 11.7 Å². The van der Waals surface area contributed by atoms with Crippen LogP contribution in [0.25, 0.3) is 0 Å². The average Bonchev–Trinajstić information content (AvgIpc) is 2.36. The Hall–Kier alpha value is -1.42. The summed E-state index contributed by atoms with van der Waals surface area (Å²) in [5, 5.41) is 8.85. The molecule has 0 saturated heterocycles. The lowest BCUT2D eigenvalue weighted by atomic mass is 9.92. The fourth-order valence-electron chi connectivity index (χ4n) is 2.47. The van der Waals surface area contributed by atoms with E-state index in [1.807, 2.05) is 26.8 Å². The van der Waals surface area contributed by atoms with Crippen molar-refractivity contribution < 1.29 is 8.42 Å². The van der Waals surface area contributed by atoms with Gasteiger partial charge in [0, 0.05) is 12.1 Å². The monoisotopic (exact) mass is 309 g/mol. The lowest BCUT2D eigenvalue weighted by Crippen LogP contribution is -2.52. The molecule has 6 heteroatoms. The van der Waals surface area contributed by atoms with Gasteiger partial charge in [-0.25, -0.2) is 13.1 Å². The molecular weight excluding hydrogens is 286 g/mol. The van der Waals surface area contributed by atoms with Crippen LogP contribution < -0.4 is 10.5 Å². The number of rotatable bonds is 6. The van der Waals surface area contributed by atoms with Crippen molar-refractivity contribution in [1.29, 1.82) is 5.26 Å². The summed E-state index contributed by atoms with van der Waals surface area (Å²) in [6.07, 6.45) is 0.651. The van der Waals surface area contributed by atoms with Crippen LogP contribution in [0.5, 0.6) is 0 Å². The fourth-order valence-corrected chi connectivity index (χ4v) is 4.12. The number of nitrogens with two attached hydrogens (primary N) is 1. The van der Waals surface area contributed by atoms with E-state index in [2.05, 4.69) is 4.72 Å². The Kier molecular flexibility index (Phi) is 5.51. The first-order chi connectivity index (χ1) is 9.63. The molecule has 0 amide bonds. The zero-order chi connectivity index (χ0) is 16.3. The van der Waals surface area contributed by atoms with Gasteiger partial charge in [0.1, 0.15) is 0 Å². The Bertz CT molecular complexity index is 647. The Balaban J connectivity index is 3.14. The van der Waals surface area contributed by atoms with Crippen molar-refractivity contribution in [3.8, 4) is 6.07 Å².